The Bertz CT molecular complexity index is 714. The van der Waals surface area contributed by atoms with Crippen molar-refractivity contribution in [3.8, 4) is 11.5 Å². The number of hydrogen-bond donors (Lipinski definition) is 1. The molecule has 3 rings (SSSR count). The molecule has 1 aliphatic rings. The summed E-state index contributed by atoms with van der Waals surface area (Å²) in [5, 5.41) is 2.89. The molecule has 24 heavy (non-hydrogen) atoms. The average Bonchev–Trinajstić information content (AvgIpc) is 3.02. The summed E-state index contributed by atoms with van der Waals surface area (Å²) in [4.78, 5) is 24.1. The SMILES string of the molecule is COc1ccc([C@H]2N[C@@H](C(=O)COc3ccccc3)C(=O)O2)cc1. The van der Waals surface area contributed by atoms with Gasteiger partial charge in [-0.1, -0.05) is 30.3 Å². The third-order valence-electron chi connectivity index (χ3n) is 3.65. The Labute approximate surface area is 139 Å². The van der Waals surface area contributed by atoms with E-state index in [2.05, 4.69) is 5.32 Å². The van der Waals surface area contributed by atoms with Crippen molar-refractivity contribution in [2.75, 3.05) is 13.7 Å². The minimum absolute atomic E-state index is 0.202. The molecular formula is C18H17NO5. The number of para-hydroxylation sites is 1. The molecule has 0 saturated carbocycles. The first-order valence-corrected chi connectivity index (χ1v) is 7.48. The molecule has 0 amide bonds. The Balaban J connectivity index is 1.60. The van der Waals surface area contributed by atoms with E-state index >= 15 is 0 Å². The van der Waals surface area contributed by atoms with Crippen LogP contribution in [0.15, 0.2) is 54.6 Å². The monoisotopic (exact) mass is 327 g/mol. The Morgan fingerprint density at radius 2 is 1.79 bits per heavy atom. The summed E-state index contributed by atoms with van der Waals surface area (Å²) in [5.41, 5.74) is 0.739. The van der Waals surface area contributed by atoms with Crippen molar-refractivity contribution in [2.45, 2.75) is 12.3 Å². The van der Waals surface area contributed by atoms with E-state index in [4.69, 9.17) is 14.2 Å². The van der Waals surface area contributed by atoms with Crippen LogP contribution in [0.2, 0.25) is 0 Å². The molecule has 0 aromatic heterocycles. The maximum atomic E-state index is 12.2. The number of benzene rings is 2. The van der Waals surface area contributed by atoms with Gasteiger partial charge in [-0.05, 0) is 24.3 Å². The van der Waals surface area contributed by atoms with E-state index in [1.165, 1.54) is 0 Å². The fraction of sp³-hybridized carbons (Fsp3) is 0.222. The molecule has 6 heteroatoms. The van der Waals surface area contributed by atoms with Gasteiger partial charge in [0.25, 0.3) is 0 Å². The van der Waals surface area contributed by atoms with Crippen molar-refractivity contribution < 1.29 is 23.8 Å². The molecule has 1 saturated heterocycles. The molecule has 1 fully saturated rings. The number of esters is 1. The third kappa shape index (κ3) is 3.55. The summed E-state index contributed by atoms with van der Waals surface area (Å²) in [6, 6.07) is 15.0. The van der Waals surface area contributed by atoms with Gasteiger partial charge in [-0.25, -0.2) is 4.79 Å². The van der Waals surface area contributed by atoms with Gasteiger partial charge in [0.2, 0.25) is 0 Å². The molecule has 0 spiro atoms. The highest BCUT2D eigenvalue weighted by Crippen LogP contribution is 2.24. The molecule has 124 valence electrons. The number of carbonyl (C=O) groups excluding carboxylic acids is 2. The number of nitrogens with one attached hydrogen (secondary N) is 1. The predicted octanol–water partition coefficient (Wildman–Crippen LogP) is 1.86. The molecule has 0 aliphatic carbocycles. The van der Waals surface area contributed by atoms with Crippen LogP contribution in [-0.2, 0) is 14.3 Å². The second-order valence-electron chi connectivity index (χ2n) is 5.26. The lowest BCUT2D eigenvalue weighted by Gasteiger charge is -2.11. The molecule has 2 aromatic carbocycles. The summed E-state index contributed by atoms with van der Waals surface area (Å²) in [6.45, 7) is -0.202. The smallest absolute Gasteiger partial charge is 0.333 e. The zero-order valence-corrected chi connectivity index (χ0v) is 13.1. The fourth-order valence-corrected chi connectivity index (χ4v) is 2.36. The van der Waals surface area contributed by atoms with Crippen molar-refractivity contribution in [3.05, 3.63) is 60.2 Å². The molecule has 2 atom stereocenters. The van der Waals surface area contributed by atoms with Gasteiger partial charge in [0.15, 0.2) is 18.1 Å². The van der Waals surface area contributed by atoms with Crippen LogP contribution >= 0.6 is 0 Å². The van der Waals surface area contributed by atoms with Gasteiger partial charge in [-0.3, -0.25) is 10.1 Å². The van der Waals surface area contributed by atoms with Crippen molar-refractivity contribution in [1.29, 1.82) is 0 Å². The quantitative estimate of drug-likeness (QED) is 0.645. The average molecular weight is 327 g/mol. The summed E-state index contributed by atoms with van der Waals surface area (Å²) in [6.07, 6.45) is -0.658. The van der Waals surface area contributed by atoms with Crippen LogP contribution in [-0.4, -0.2) is 31.5 Å². The van der Waals surface area contributed by atoms with Crippen LogP contribution in [0.5, 0.6) is 11.5 Å². The van der Waals surface area contributed by atoms with E-state index < -0.39 is 18.2 Å². The summed E-state index contributed by atoms with van der Waals surface area (Å²) < 4.78 is 15.7. The number of methoxy groups -OCH3 is 1. The summed E-state index contributed by atoms with van der Waals surface area (Å²) in [7, 11) is 1.57. The van der Waals surface area contributed by atoms with E-state index in [0.717, 1.165) is 5.56 Å². The van der Waals surface area contributed by atoms with Crippen LogP contribution in [0, 0.1) is 0 Å². The van der Waals surface area contributed by atoms with Gasteiger partial charge < -0.3 is 14.2 Å². The maximum Gasteiger partial charge on any atom is 0.333 e. The zero-order chi connectivity index (χ0) is 16.9. The Morgan fingerprint density at radius 1 is 1.08 bits per heavy atom. The van der Waals surface area contributed by atoms with E-state index in [-0.39, 0.29) is 12.4 Å². The van der Waals surface area contributed by atoms with E-state index in [1.54, 1.807) is 43.5 Å². The van der Waals surface area contributed by atoms with Crippen LogP contribution < -0.4 is 14.8 Å². The molecular weight excluding hydrogens is 310 g/mol. The highest BCUT2D eigenvalue weighted by Gasteiger charge is 2.39. The maximum absolute atomic E-state index is 12.2. The lowest BCUT2D eigenvalue weighted by atomic mass is 10.1. The lowest BCUT2D eigenvalue weighted by Crippen LogP contribution is -2.39. The first-order chi connectivity index (χ1) is 11.7. The van der Waals surface area contributed by atoms with Gasteiger partial charge >= 0.3 is 5.97 Å². The molecule has 6 nitrogen and oxygen atoms in total. The standard InChI is InChI=1S/C18H17NO5/c1-22-13-9-7-12(8-10-13)17-19-16(18(21)24-17)15(20)11-23-14-5-3-2-4-6-14/h2-10,16-17,19H,11H2,1H3/t16-,17-/m0/s1. The number of hydrogen-bond acceptors (Lipinski definition) is 6. The Morgan fingerprint density at radius 3 is 2.46 bits per heavy atom. The van der Waals surface area contributed by atoms with Gasteiger partial charge in [-0.15, -0.1) is 0 Å². The fourth-order valence-electron chi connectivity index (χ4n) is 2.36. The van der Waals surface area contributed by atoms with Gasteiger partial charge in [-0.2, -0.15) is 0 Å². The molecule has 2 aromatic rings. The lowest BCUT2D eigenvalue weighted by molar-refractivity contribution is -0.144. The minimum atomic E-state index is -1.03. The Kier molecular flexibility index (Phi) is 4.77. The van der Waals surface area contributed by atoms with Crippen molar-refractivity contribution in [3.63, 3.8) is 0 Å². The van der Waals surface area contributed by atoms with Gasteiger partial charge in [0.1, 0.15) is 18.1 Å². The normalized spacial score (nSPS) is 19.6. The van der Waals surface area contributed by atoms with Crippen molar-refractivity contribution in [1.82, 2.24) is 5.32 Å². The largest absolute Gasteiger partial charge is 0.497 e. The van der Waals surface area contributed by atoms with Crippen LogP contribution in [0.3, 0.4) is 0 Å². The molecule has 1 heterocycles. The van der Waals surface area contributed by atoms with E-state index in [9.17, 15) is 9.59 Å². The number of ketones is 1. The molecule has 1 N–H and O–H groups in total. The number of rotatable bonds is 6. The van der Waals surface area contributed by atoms with E-state index in [0.29, 0.717) is 11.5 Å². The molecule has 0 bridgehead atoms. The number of ether oxygens (including phenoxy) is 3. The van der Waals surface area contributed by atoms with Gasteiger partial charge in [0, 0.05) is 5.56 Å². The highest BCUT2D eigenvalue weighted by molar-refractivity contribution is 6.04. The summed E-state index contributed by atoms with van der Waals surface area (Å²) >= 11 is 0. The van der Waals surface area contributed by atoms with Crippen molar-refractivity contribution in [2.24, 2.45) is 0 Å². The highest BCUT2D eigenvalue weighted by atomic mass is 16.6. The first kappa shape index (κ1) is 16.0. The predicted molar refractivity (Wildman–Crippen MR) is 85.7 cm³/mol. The molecule has 0 radical (unpaired) electrons. The van der Waals surface area contributed by atoms with Crippen LogP contribution in [0.4, 0.5) is 0 Å². The van der Waals surface area contributed by atoms with Crippen LogP contribution in [0.25, 0.3) is 0 Å². The second kappa shape index (κ2) is 7.14. The number of cyclic esters (lactones) is 1. The van der Waals surface area contributed by atoms with Crippen molar-refractivity contribution >= 4 is 11.8 Å². The van der Waals surface area contributed by atoms with Gasteiger partial charge in [0.05, 0.1) is 7.11 Å². The zero-order valence-electron chi connectivity index (χ0n) is 13.1. The molecule has 0 unspecified atom stereocenters. The van der Waals surface area contributed by atoms with E-state index in [1.807, 2.05) is 18.2 Å². The third-order valence-corrected chi connectivity index (χ3v) is 3.65. The number of carbonyl (C=O) groups is 2. The van der Waals surface area contributed by atoms with Crippen LogP contribution in [0.1, 0.15) is 11.8 Å². The second-order valence-corrected chi connectivity index (χ2v) is 5.26. The topological polar surface area (TPSA) is 73.9 Å². The minimum Gasteiger partial charge on any atom is -0.497 e. The number of Topliss-reactive ketones (excluding diaryl/α,β-unsaturated/α-hetero) is 1. The first-order valence-electron chi connectivity index (χ1n) is 7.48. The molecule has 1 aliphatic heterocycles. The summed E-state index contributed by atoms with van der Waals surface area (Å²) in [5.74, 6) is 0.299. The Hall–Kier alpha value is -2.86.